The van der Waals surface area contributed by atoms with Crippen molar-refractivity contribution in [3.8, 4) is 5.88 Å². The summed E-state index contributed by atoms with van der Waals surface area (Å²) in [5.74, 6) is -0.428. The third kappa shape index (κ3) is 3.55. The van der Waals surface area contributed by atoms with Crippen LogP contribution in [0.4, 0.5) is 5.00 Å². The van der Waals surface area contributed by atoms with Crippen LogP contribution in [-0.2, 0) is 22.4 Å². The van der Waals surface area contributed by atoms with E-state index in [0.717, 1.165) is 47.0 Å². The molecule has 0 spiro atoms. The van der Waals surface area contributed by atoms with E-state index in [-0.39, 0.29) is 12.5 Å². The highest BCUT2D eigenvalue weighted by atomic mass is 32.1. The fourth-order valence-corrected chi connectivity index (χ4v) is 4.66. The van der Waals surface area contributed by atoms with Crippen LogP contribution in [0.15, 0.2) is 30.6 Å². The van der Waals surface area contributed by atoms with Crippen LogP contribution in [-0.4, -0.2) is 35.6 Å². The monoisotopic (exact) mass is 397 g/mol. The zero-order chi connectivity index (χ0) is 19.5. The van der Waals surface area contributed by atoms with Gasteiger partial charge < -0.3 is 14.8 Å². The number of hydrogen-bond donors (Lipinski definition) is 1. The molecule has 0 saturated carbocycles. The number of carbonyl (C=O) groups is 2. The topological polar surface area (TPSA) is 90.4 Å². The minimum atomic E-state index is -0.419. The molecule has 1 N–H and O–H groups in total. The van der Waals surface area contributed by atoms with Gasteiger partial charge in [0.2, 0.25) is 5.88 Å². The number of para-hydroxylation sites is 1. The Balaban J connectivity index is 1.51. The van der Waals surface area contributed by atoms with Crippen LogP contribution in [0.5, 0.6) is 5.88 Å². The Morgan fingerprint density at radius 3 is 2.86 bits per heavy atom. The minimum Gasteiger partial charge on any atom is -0.467 e. The van der Waals surface area contributed by atoms with Crippen molar-refractivity contribution in [3.05, 3.63) is 46.6 Å². The lowest BCUT2D eigenvalue weighted by Crippen LogP contribution is -2.21. The first kappa shape index (κ1) is 18.4. The SMILES string of the molecule is COC(=O)c1c(NC(=O)COc2ncnc3ccccc23)sc2c1CCCC2. The molecule has 0 fully saturated rings. The fourth-order valence-electron chi connectivity index (χ4n) is 3.36. The molecule has 1 aromatic carbocycles. The van der Waals surface area contributed by atoms with Gasteiger partial charge in [0.1, 0.15) is 11.3 Å². The maximum absolute atomic E-state index is 12.5. The Morgan fingerprint density at radius 1 is 1.18 bits per heavy atom. The average Bonchev–Trinajstić information content (AvgIpc) is 3.09. The molecule has 2 aromatic heterocycles. The molecule has 3 aromatic rings. The summed E-state index contributed by atoms with van der Waals surface area (Å²) >= 11 is 1.44. The summed E-state index contributed by atoms with van der Waals surface area (Å²) in [4.78, 5) is 34.2. The number of fused-ring (bicyclic) bond motifs is 2. The summed E-state index contributed by atoms with van der Waals surface area (Å²) in [6.07, 6.45) is 5.27. The predicted octanol–water partition coefficient (Wildman–Crippen LogP) is 3.37. The number of hydrogen-bond acceptors (Lipinski definition) is 7. The van der Waals surface area contributed by atoms with Crippen LogP contribution in [0.25, 0.3) is 10.9 Å². The Labute approximate surface area is 165 Å². The van der Waals surface area contributed by atoms with E-state index in [0.29, 0.717) is 16.4 Å². The van der Waals surface area contributed by atoms with Gasteiger partial charge in [-0.15, -0.1) is 11.3 Å². The van der Waals surface area contributed by atoms with Crippen LogP contribution in [0.3, 0.4) is 0 Å². The lowest BCUT2D eigenvalue weighted by atomic mass is 9.95. The first-order valence-electron chi connectivity index (χ1n) is 9.02. The van der Waals surface area contributed by atoms with Crippen molar-refractivity contribution in [2.24, 2.45) is 0 Å². The van der Waals surface area contributed by atoms with E-state index in [1.165, 1.54) is 24.8 Å². The summed E-state index contributed by atoms with van der Waals surface area (Å²) in [5, 5.41) is 4.08. The molecule has 8 heteroatoms. The number of amides is 1. The molecular weight excluding hydrogens is 378 g/mol. The predicted molar refractivity (Wildman–Crippen MR) is 106 cm³/mol. The Bertz CT molecular complexity index is 1040. The number of nitrogens with one attached hydrogen (secondary N) is 1. The molecule has 1 aliphatic carbocycles. The molecular formula is C20H19N3O4S. The van der Waals surface area contributed by atoms with Crippen LogP contribution >= 0.6 is 11.3 Å². The number of nitrogens with zero attached hydrogens (tertiary/aromatic N) is 2. The Kier molecular flexibility index (Phi) is 5.21. The van der Waals surface area contributed by atoms with Crippen LogP contribution < -0.4 is 10.1 Å². The third-order valence-corrected chi connectivity index (χ3v) is 5.87. The summed E-state index contributed by atoms with van der Waals surface area (Å²) in [6.45, 7) is -0.218. The van der Waals surface area contributed by atoms with Crippen molar-refractivity contribution in [2.45, 2.75) is 25.7 Å². The second-order valence-electron chi connectivity index (χ2n) is 6.44. The van der Waals surface area contributed by atoms with Gasteiger partial charge in [-0.25, -0.2) is 14.8 Å². The third-order valence-electron chi connectivity index (χ3n) is 4.66. The first-order valence-corrected chi connectivity index (χ1v) is 9.84. The average molecular weight is 397 g/mol. The number of benzene rings is 1. The van der Waals surface area contributed by atoms with Gasteiger partial charge in [0.25, 0.3) is 5.91 Å². The second-order valence-corrected chi connectivity index (χ2v) is 7.54. The molecule has 1 amide bonds. The van der Waals surface area contributed by atoms with E-state index < -0.39 is 5.97 Å². The fraction of sp³-hybridized carbons (Fsp3) is 0.300. The number of ether oxygens (including phenoxy) is 2. The summed E-state index contributed by atoms with van der Waals surface area (Å²) < 4.78 is 10.5. The maximum atomic E-state index is 12.5. The van der Waals surface area contributed by atoms with Gasteiger partial charge in [-0.3, -0.25) is 4.79 Å². The van der Waals surface area contributed by atoms with Crippen LogP contribution in [0, 0.1) is 0 Å². The molecule has 4 rings (SSSR count). The van der Waals surface area contributed by atoms with Crippen molar-refractivity contribution in [1.82, 2.24) is 9.97 Å². The van der Waals surface area contributed by atoms with Gasteiger partial charge in [-0.1, -0.05) is 12.1 Å². The van der Waals surface area contributed by atoms with Crippen molar-refractivity contribution in [1.29, 1.82) is 0 Å². The summed E-state index contributed by atoms with van der Waals surface area (Å²) in [6, 6.07) is 7.42. The highest BCUT2D eigenvalue weighted by Crippen LogP contribution is 2.38. The van der Waals surface area contributed by atoms with Gasteiger partial charge >= 0.3 is 5.97 Å². The molecule has 2 heterocycles. The Morgan fingerprint density at radius 2 is 2.00 bits per heavy atom. The smallest absolute Gasteiger partial charge is 0.341 e. The van der Waals surface area contributed by atoms with Crippen LogP contribution in [0.2, 0.25) is 0 Å². The lowest BCUT2D eigenvalue weighted by molar-refractivity contribution is -0.118. The molecule has 0 bridgehead atoms. The van der Waals surface area contributed by atoms with Crippen molar-refractivity contribution < 1.29 is 19.1 Å². The van der Waals surface area contributed by atoms with E-state index in [4.69, 9.17) is 9.47 Å². The molecule has 144 valence electrons. The van der Waals surface area contributed by atoms with E-state index in [1.54, 1.807) is 0 Å². The normalized spacial score (nSPS) is 13.0. The minimum absolute atomic E-state index is 0.218. The first-order chi connectivity index (χ1) is 13.7. The van der Waals surface area contributed by atoms with Crippen molar-refractivity contribution >= 4 is 39.1 Å². The van der Waals surface area contributed by atoms with Gasteiger partial charge in [0.15, 0.2) is 6.61 Å². The molecule has 0 aliphatic heterocycles. The standard InChI is InChI=1S/C20H19N3O4S/c1-26-20(25)17-13-7-3-5-9-15(13)28-19(17)23-16(24)10-27-18-12-6-2-4-8-14(12)21-11-22-18/h2,4,6,8,11H,3,5,7,9-10H2,1H3,(H,23,24). The Hall–Kier alpha value is -3.00. The molecule has 0 radical (unpaired) electrons. The van der Waals surface area contributed by atoms with E-state index in [1.807, 2.05) is 24.3 Å². The largest absolute Gasteiger partial charge is 0.467 e. The maximum Gasteiger partial charge on any atom is 0.341 e. The molecule has 7 nitrogen and oxygen atoms in total. The lowest BCUT2D eigenvalue weighted by Gasteiger charge is -2.12. The van der Waals surface area contributed by atoms with Crippen molar-refractivity contribution in [2.75, 3.05) is 19.0 Å². The highest BCUT2D eigenvalue weighted by molar-refractivity contribution is 7.17. The number of esters is 1. The molecule has 0 atom stereocenters. The van der Waals surface area contributed by atoms with Gasteiger partial charge in [0.05, 0.1) is 23.6 Å². The number of aryl methyl sites for hydroxylation is 1. The molecule has 0 unspecified atom stereocenters. The molecule has 1 aliphatic rings. The summed E-state index contributed by atoms with van der Waals surface area (Å²) in [7, 11) is 1.35. The number of anilines is 1. The van der Waals surface area contributed by atoms with Crippen LogP contribution in [0.1, 0.15) is 33.6 Å². The van der Waals surface area contributed by atoms with Crippen molar-refractivity contribution in [3.63, 3.8) is 0 Å². The summed E-state index contributed by atoms with van der Waals surface area (Å²) in [5.41, 5.74) is 2.22. The number of thiophene rings is 1. The van der Waals surface area contributed by atoms with E-state index in [9.17, 15) is 9.59 Å². The zero-order valence-corrected chi connectivity index (χ0v) is 16.2. The number of aromatic nitrogens is 2. The second kappa shape index (κ2) is 7.93. The number of rotatable bonds is 5. The zero-order valence-electron chi connectivity index (χ0n) is 15.4. The van der Waals surface area contributed by atoms with Gasteiger partial charge in [-0.05, 0) is 43.4 Å². The molecule has 28 heavy (non-hydrogen) atoms. The highest BCUT2D eigenvalue weighted by Gasteiger charge is 2.27. The molecule has 0 saturated heterocycles. The van der Waals surface area contributed by atoms with E-state index in [2.05, 4.69) is 15.3 Å². The number of carbonyl (C=O) groups excluding carboxylic acids is 2. The quantitative estimate of drug-likeness (QED) is 0.664. The van der Waals surface area contributed by atoms with E-state index >= 15 is 0 Å². The number of methoxy groups -OCH3 is 1. The van der Waals surface area contributed by atoms with Gasteiger partial charge in [-0.2, -0.15) is 0 Å². The van der Waals surface area contributed by atoms with Gasteiger partial charge in [0, 0.05) is 4.88 Å².